The number of nitrogens with one attached hydrogen (secondary N) is 1. The highest BCUT2D eigenvalue weighted by Crippen LogP contribution is 2.38. The molecule has 2 aromatic rings. The first kappa shape index (κ1) is 17.7. The second-order valence-corrected chi connectivity index (χ2v) is 9.51. The lowest BCUT2D eigenvalue weighted by Crippen LogP contribution is -2.19. The van der Waals surface area contributed by atoms with E-state index < -0.39 is 15.9 Å². The Morgan fingerprint density at radius 2 is 1.96 bits per heavy atom. The number of aromatic nitrogens is 2. The first-order chi connectivity index (χ1) is 13.4. The van der Waals surface area contributed by atoms with Gasteiger partial charge >= 0.3 is 6.03 Å². The van der Waals surface area contributed by atoms with Crippen LogP contribution < -0.4 is 15.2 Å². The molecule has 5 rings (SSSR count). The Morgan fingerprint density at radius 3 is 2.64 bits per heavy atom. The number of nitrogens with zero attached hydrogens (tertiary/aromatic N) is 3. The molecule has 1 aliphatic heterocycles. The minimum Gasteiger partial charge on any atom is -0.472 e. The van der Waals surface area contributed by atoms with E-state index >= 15 is 0 Å². The third-order valence-corrected chi connectivity index (χ3v) is 7.09. The molecule has 2 aliphatic carbocycles. The maximum absolute atomic E-state index is 13.0. The highest BCUT2D eigenvalue weighted by atomic mass is 32.2. The normalized spacial score (nSPS) is 21.4. The van der Waals surface area contributed by atoms with Gasteiger partial charge in [0.05, 0.1) is 12.7 Å². The summed E-state index contributed by atoms with van der Waals surface area (Å²) in [5, 5.41) is 13.0. The number of carbonyl (C=O) groups excluding carboxylic acids is 1. The van der Waals surface area contributed by atoms with Gasteiger partial charge in [-0.25, -0.2) is 18.8 Å². The summed E-state index contributed by atoms with van der Waals surface area (Å²) < 4.78 is 24.1. The Hall–Kier alpha value is -2.39. The van der Waals surface area contributed by atoms with E-state index in [1.54, 1.807) is 4.68 Å². The number of carbonyl (C=O) groups is 1. The van der Waals surface area contributed by atoms with Crippen LogP contribution in [0.1, 0.15) is 42.0 Å². The Bertz CT molecular complexity index is 1080. The maximum Gasteiger partial charge on any atom is 0.354 e. The lowest BCUT2D eigenvalue weighted by molar-refractivity contribution is 0.248. The van der Waals surface area contributed by atoms with Crippen molar-refractivity contribution in [3.8, 4) is 5.88 Å². The van der Waals surface area contributed by atoms with Crippen molar-refractivity contribution in [2.45, 2.75) is 63.0 Å². The van der Waals surface area contributed by atoms with Crippen LogP contribution >= 0.6 is 0 Å². The van der Waals surface area contributed by atoms with E-state index in [2.05, 4.69) is 20.8 Å². The van der Waals surface area contributed by atoms with Gasteiger partial charge in [0, 0.05) is 5.69 Å². The number of fused-ring (bicyclic) bond motifs is 3. The van der Waals surface area contributed by atoms with E-state index in [1.807, 2.05) is 6.92 Å². The van der Waals surface area contributed by atoms with Gasteiger partial charge in [-0.2, -0.15) is 5.10 Å². The second kappa shape index (κ2) is 6.31. The van der Waals surface area contributed by atoms with Crippen LogP contribution in [0.3, 0.4) is 0 Å². The van der Waals surface area contributed by atoms with Crippen molar-refractivity contribution in [3.05, 3.63) is 34.5 Å². The van der Waals surface area contributed by atoms with Crippen LogP contribution in [0.2, 0.25) is 0 Å². The fourth-order valence-corrected chi connectivity index (χ4v) is 5.54. The van der Waals surface area contributed by atoms with E-state index in [1.165, 1.54) is 28.5 Å². The highest BCUT2D eigenvalue weighted by Gasteiger charge is 2.29. The number of nitrogens with two attached hydrogens (primary N) is 1. The molecule has 3 aliphatic rings. The summed E-state index contributed by atoms with van der Waals surface area (Å²) in [6, 6.07) is 1.60. The molecule has 0 radical (unpaired) electrons. The maximum atomic E-state index is 13.0. The number of rotatable bonds is 2. The first-order valence-corrected chi connectivity index (χ1v) is 11.2. The number of benzene rings is 1. The zero-order valence-corrected chi connectivity index (χ0v) is 16.6. The number of aryl methyl sites for hydroxylation is 2. The van der Waals surface area contributed by atoms with E-state index in [4.69, 9.17) is 9.88 Å². The monoisotopic (exact) mass is 401 g/mol. The minimum absolute atomic E-state index is 0.0824. The standard InChI is InChI=1S/C19H23N5O3S/c1-11-10-24-18(27-11)16(9-21-24)28(20,26)23-19(25)22-17-14-6-2-4-12(14)8-13-5-3-7-15(13)17/h8-9,11H,2-7,10H2,1H3,(H3,20,22,23,25,26)/t11-,28-/m0/s1. The number of anilines is 1. The average molecular weight is 401 g/mol. The van der Waals surface area contributed by atoms with Crippen molar-refractivity contribution in [2.24, 2.45) is 9.50 Å². The van der Waals surface area contributed by atoms with Crippen LogP contribution in [0.4, 0.5) is 10.5 Å². The van der Waals surface area contributed by atoms with Gasteiger partial charge in [-0.05, 0) is 67.7 Å². The number of ether oxygens (including phenoxy) is 1. The third kappa shape index (κ3) is 2.80. The number of amides is 2. The molecule has 0 fully saturated rings. The molecule has 0 saturated carbocycles. The smallest absolute Gasteiger partial charge is 0.354 e. The molecule has 2 heterocycles. The zero-order chi connectivity index (χ0) is 19.5. The summed E-state index contributed by atoms with van der Waals surface area (Å²) >= 11 is 0. The molecular weight excluding hydrogens is 378 g/mol. The van der Waals surface area contributed by atoms with Crippen LogP contribution in [0.15, 0.2) is 21.5 Å². The molecule has 1 aromatic heterocycles. The topological polar surface area (TPSA) is 112 Å². The molecule has 1 aromatic carbocycles. The third-order valence-electron chi connectivity index (χ3n) is 5.74. The fourth-order valence-electron chi connectivity index (χ4n) is 4.55. The minimum atomic E-state index is -3.46. The summed E-state index contributed by atoms with van der Waals surface area (Å²) in [7, 11) is -3.46. The van der Waals surface area contributed by atoms with Gasteiger partial charge in [-0.15, -0.1) is 4.36 Å². The van der Waals surface area contributed by atoms with Gasteiger partial charge in [-0.3, -0.25) is 0 Å². The Morgan fingerprint density at radius 1 is 1.29 bits per heavy atom. The van der Waals surface area contributed by atoms with E-state index in [-0.39, 0.29) is 11.0 Å². The van der Waals surface area contributed by atoms with Gasteiger partial charge in [0.2, 0.25) is 5.88 Å². The summed E-state index contributed by atoms with van der Waals surface area (Å²) in [5.41, 5.74) is 5.85. The first-order valence-electron chi connectivity index (χ1n) is 9.67. The van der Waals surface area contributed by atoms with Crippen molar-refractivity contribution in [1.29, 1.82) is 0 Å². The molecule has 8 nitrogen and oxygen atoms in total. The predicted octanol–water partition coefficient (Wildman–Crippen LogP) is 2.57. The van der Waals surface area contributed by atoms with Crippen LogP contribution in [-0.4, -0.2) is 26.1 Å². The second-order valence-electron chi connectivity index (χ2n) is 7.75. The summed E-state index contributed by atoms with van der Waals surface area (Å²) in [5.74, 6) is 0.332. The lowest BCUT2D eigenvalue weighted by atomic mass is 9.99. The molecule has 0 spiro atoms. The largest absolute Gasteiger partial charge is 0.472 e. The molecule has 2 atom stereocenters. The zero-order valence-electron chi connectivity index (χ0n) is 15.7. The molecule has 28 heavy (non-hydrogen) atoms. The molecule has 0 bridgehead atoms. The van der Waals surface area contributed by atoms with E-state index in [9.17, 15) is 9.00 Å². The molecule has 0 unspecified atom stereocenters. The van der Waals surface area contributed by atoms with Crippen molar-refractivity contribution >= 4 is 21.6 Å². The van der Waals surface area contributed by atoms with Gasteiger partial charge in [0.1, 0.15) is 11.0 Å². The Balaban J connectivity index is 1.48. The van der Waals surface area contributed by atoms with E-state index in [0.29, 0.717) is 12.4 Å². The molecule has 2 amide bonds. The van der Waals surface area contributed by atoms with Gasteiger partial charge < -0.3 is 10.1 Å². The number of urea groups is 1. The van der Waals surface area contributed by atoms with Gasteiger partial charge in [0.15, 0.2) is 9.92 Å². The number of hydrogen-bond donors (Lipinski definition) is 2. The molecule has 0 saturated heterocycles. The van der Waals surface area contributed by atoms with Crippen molar-refractivity contribution in [1.82, 2.24) is 9.78 Å². The van der Waals surface area contributed by atoms with Crippen molar-refractivity contribution < 1.29 is 13.7 Å². The molecule has 148 valence electrons. The van der Waals surface area contributed by atoms with Crippen molar-refractivity contribution in [2.75, 3.05) is 5.32 Å². The van der Waals surface area contributed by atoms with Crippen LogP contribution in [0.25, 0.3) is 0 Å². The van der Waals surface area contributed by atoms with Crippen LogP contribution in [0.5, 0.6) is 5.88 Å². The van der Waals surface area contributed by atoms with Gasteiger partial charge in [-0.1, -0.05) is 6.07 Å². The fraction of sp³-hybridized carbons (Fsp3) is 0.474. The van der Waals surface area contributed by atoms with Crippen LogP contribution in [0, 0.1) is 0 Å². The Kier molecular flexibility index (Phi) is 3.99. The quantitative estimate of drug-likeness (QED) is 0.805. The summed E-state index contributed by atoms with van der Waals surface area (Å²) in [6.07, 6.45) is 7.42. The molecule has 9 heteroatoms. The highest BCUT2D eigenvalue weighted by molar-refractivity contribution is 7.91. The van der Waals surface area contributed by atoms with E-state index in [0.717, 1.165) is 44.2 Å². The molecular formula is C19H23N5O3S. The summed E-state index contributed by atoms with van der Waals surface area (Å²) in [4.78, 5) is 12.8. The predicted molar refractivity (Wildman–Crippen MR) is 105 cm³/mol. The lowest BCUT2D eigenvalue weighted by Gasteiger charge is -2.15. The average Bonchev–Trinajstić information content (AvgIpc) is 3.35. The Labute approximate surface area is 163 Å². The van der Waals surface area contributed by atoms with Crippen LogP contribution in [-0.2, 0) is 42.1 Å². The number of hydrogen-bond acceptors (Lipinski definition) is 4. The SMILES string of the molecule is C[C@H]1Cn2ncc([S@@](N)(=O)=NC(=O)Nc3c4c(cc5c3CCC5)CCC4)c2O1. The summed E-state index contributed by atoms with van der Waals surface area (Å²) in [6.45, 7) is 2.44. The van der Waals surface area contributed by atoms with Gasteiger partial charge in [0.25, 0.3) is 0 Å². The molecule has 3 N–H and O–H groups in total. The van der Waals surface area contributed by atoms with Crippen molar-refractivity contribution in [3.63, 3.8) is 0 Å².